The number of nitrogens with zero attached hydrogens (tertiary/aromatic N) is 4. The van der Waals surface area contributed by atoms with Gasteiger partial charge >= 0.3 is 5.97 Å². The van der Waals surface area contributed by atoms with Crippen LogP contribution in [0, 0.1) is 17.6 Å². The summed E-state index contributed by atoms with van der Waals surface area (Å²) >= 11 is 0. The summed E-state index contributed by atoms with van der Waals surface area (Å²) < 4.78 is 35.9. The average Bonchev–Trinajstić information content (AvgIpc) is 3.20. The predicted octanol–water partition coefficient (Wildman–Crippen LogP) is 4.96. The molecule has 174 valence electrons. The van der Waals surface area contributed by atoms with Crippen molar-refractivity contribution in [2.24, 2.45) is 5.92 Å². The number of anilines is 1. The molecule has 3 N–H and O–H groups in total. The van der Waals surface area contributed by atoms with Crippen molar-refractivity contribution in [1.82, 2.24) is 19.7 Å². The van der Waals surface area contributed by atoms with Crippen LogP contribution < -0.4 is 10.5 Å². The van der Waals surface area contributed by atoms with Gasteiger partial charge in [0.1, 0.15) is 41.0 Å². The molecule has 0 saturated heterocycles. The van der Waals surface area contributed by atoms with E-state index in [-0.39, 0.29) is 34.8 Å². The van der Waals surface area contributed by atoms with Crippen LogP contribution in [0.4, 0.5) is 14.6 Å². The van der Waals surface area contributed by atoms with Gasteiger partial charge in [-0.25, -0.2) is 23.4 Å². The molecule has 2 aromatic heterocycles. The van der Waals surface area contributed by atoms with Crippen LogP contribution in [0.15, 0.2) is 48.8 Å². The van der Waals surface area contributed by atoms with Gasteiger partial charge in [0.2, 0.25) is 0 Å². The van der Waals surface area contributed by atoms with Crippen molar-refractivity contribution in [1.29, 1.82) is 0 Å². The zero-order valence-corrected chi connectivity index (χ0v) is 18.0. The molecular weight excluding hydrogens is 444 g/mol. The number of hydrogen-bond acceptors (Lipinski definition) is 6. The maximum Gasteiger partial charge on any atom is 0.306 e. The Hall–Kier alpha value is -4.08. The summed E-state index contributed by atoms with van der Waals surface area (Å²) in [5, 5.41) is 14.4. The van der Waals surface area contributed by atoms with Gasteiger partial charge in [0, 0.05) is 17.7 Å². The summed E-state index contributed by atoms with van der Waals surface area (Å²) in [6.07, 6.45) is 3.60. The van der Waals surface area contributed by atoms with Gasteiger partial charge in [-0.05, 0) is 49.9 Å². The van der Waals surface area contributed by atoms with Crippen LogP contribution in [-0.4, -0.2) is 30.8 Å². The van der Waals surface area contributed by atoms with E-state index in [0.29, 0.717) is 42.4 Å². The molecule has 5 rings (SSSR count). The van der Waals surface area contributed by atoms with Crippen molar-refractivity contribution in [3.63, 3.8) is 0 Å². The molecule has 0 amide bonds. The van der Waals surface area contributed by atoms with Gasteiger partial charge in [-0.15, -0.1) is 0 Å². The molecule has 8 nitrogen and oxygen atoms in total. The molecule has 2 heterocycles. The normalized spacial score (nSPS) is 18.2. The number of aromatic nitrogens is 4. The van der Waals surface area contributed by atoms with Crippen LogP contribution in [-0.2, 0) is 4.79 Å². The number of carbonyl (C=O) groups is 1. The van der Waals surface area contributed by atoms with E-state index >= 15 is 4.39 Å². The molecule has 0 atom stereocenters. The lowest BCUT2D eigenvalue weighted by molar-refractivity contribution is -0.143. The van der Waals surface area contributed by atoms with E-state index in [2.05, 4.69) is 15.1 Å². The van der Waals surface area contributed by atoms with E-state index in [9.17, 15) is 14.3 Å². The Labute approximate surface area is 193 Å². The minimum Gasteiger partial charge on any atom is -0.481 e. The monoisotopic (exact) mass is 465 g/mol. The first kappa shape index (κ1) is 21.7. The van der Waals surface area contributed by atoms with Crippen LogP contribution in [0.2, 0.25) is 0 Å². The summed E-state index contributed by atoms with van der Waals surface area (Å²) in [6.45, 7) is 0. The molecule has 0 bridgehead atoms. The third kappa shape index (κ3) is 4.02. The third-order valence-corrected chi connectivity index (χ3v) is 6.14. The van der Waals surface area contributed by atoms with Gasteiger partial charge in [-0.3, -0.25) is 4.79 Å². The first-order valence-corrected chi connectivity index (χ1v) is 10.9. The molecule has 0 aliphatic heterocycles. The van der Waals surface area contributed by atoms with Crippen molar-refractivity contribution in [2.45, 2.75) is 31.7 Å². The van der Waals surface area contributed by atoms with E-state index in [1.54, 1.807) is 16.8 Å². The second-order valence-electron chi connectivity index (χ2n) is 8.30. The molecule has 0 spiro atoms. The molecule has 2 aromatic carbocycles. The number of hydrogen-bond donors (Lipinski definition) is 2. The number of rotatable bonds is 5. The number of ether oxygens (including phenoxy) is 1. The highest BCUT2D eigenvalue weighted by Gasteiger charge is 2.30. The van der Waals surface area contributed by atoms with Gasteiger partial charge in [-0.1, -0.05) is 6.07 Å². The largest absolute Gasteiger partial charge is 0.481 e. The van der Waals surface area contributed by atoms with Gasteiger partial charge in [0.25, 0.3) is 0 Å². The lowest BCUT2D eigenvalue weighted by Gasteiger charge is -2.26. The van der Waals surface area contributed by atoms with E-state index in [0.717, 1.165) is 0 Å². The summed E-state index contributed by atoms with van der Waals surface area (Å²) in [5.41, 5.74) is 7.09. The van der Waals surface area contributed by atoms with Crippen LogP contribution in [0.5, 0.6) is 11.5 Å². The fraction of sp³-hybridized carbons (Fsp3) is 0.250. The SMILES string of the molecule is Nc1ncnc2c1c(-c1ccc(Oc3cccc(F)c3)cc1F)nn2C1CCC(C(=O)O)CC1. The lowest BCUT2D eigenvalue weighted by atomic mass is 9.86. The number of nitrogens with two attached hydrogens (primary N) is 1. The topological polar surface area (TPSA) is 116 Å². The zero-order chi connectivity index (χ0) is 23.8. The van der Waals surface area contributed by atoms with Crippen LogP contribution in [0.1, 0.15) is 31.7 Å². The highest BCUT2D eigenvalue weighted by molar-refractivity contribution is 5.98. The first-order chi connectivity index (χ1) is 16.4. The van der Waals surface area contributed by atoms with E-state index in [4.69, 9.17) is 10.5 Å². The Balaban J connectivity index is 1.51. The lowest BCUT2D eigenvalue weighted by Crippen LogP contribution is -2.24. The number of fused-ring (bicyclic) bond motifs is 1. The molecule has 0 unspecified atom stereocenters. The molecule has 34 heavy (non-hydrogen) atoms. The highest BCUT2D eigenvalue weighted by Crippen LogP contribution is 2.38. The van der Waals surface area contributed by atoms with Crippen LogP contribution in [0.3, 0.4) is 0 Å². The summed E-state index contributed by atoms with van der Waals surface area (Å²) in [6, 6.07) is 9.76. The highest BCUT2D eigenvalue weighted by atomic mass is 19.1. The fourth-order valence-electron chi connectivity index (χ4n) is 4.42. The number of carboxylic acids is 1. The number of benzene rings is 2. The number of nitrogen functional groups attached to an aromatic ring is 1. The molecule has 10 heteroatoms. The maximum atomic E-state index is 15.2. The van der Waals surface area contributed by atoms with Gasteiger partial charge < -0.3 is 15.6 Å². The van der Waals surface area contributed by atoms with Crippen molar-refractivity contribution < 1.29 is 23.4 Å². The minimum absolute atomic E-state index is 0.0835. The van der Waals surface area contributed by atoms with Crippen molar-refractivity contribution in [3.05, 3.63) is 60.4 Å². The molecule has 0 radical (unpaired) electrons. The summed E-state index contributed by atoms with van der Waals surface area (Å²) in [4.78, 5) is 19.7. The average molecular weight is 465 g/mol. The smallest absolute Gasteiger partial charge is 0.306 e. The second-order valence-corrected chi connectivity index (χ2v) is 8.30. The van der Waals surface area contributed by atoms with E-state index in [1.807, 2.05) is 0 Å². The van der Waals surface area contributed by atoms with Crippen LogP contribution >= 0.6 is 0 Å². The molecule has 1 aliphatic rings. The van der Waals surface area contributed by atoms with Crippen molar-refractivity contribution in [3.8, 4) is 22.8 Å². The molecule has 1 aliphatic carbocycles. The third-order valence-electron chi connectivity index (χ3n) is 6.14. The van der Waals surface area contributed by atoms with Crippen molar-refractivity contribution >= 4 is 22.8 Å². The standard InChI is InChI=1S/C24H21F2N5O3/c25-14-2-1-3-16(10-14)34-17-8-9-18(19(26)11-17)21-20-22(27)28-12-29-23(20)31(30-21)15-6-4-13(5-7-15)24(32)33/h1-3,8-13,15H,4-7H2,(H,32,33)(H2,27,28,29). The summed E-state index contributed by atoms with van der Waals surface area (Å²) in [7, 11) is 0. The minimum atomic E-state index is -0.793. The molecule has 4 aromatic rings. The quantitative estimate of drug-likeness (QED) is 0.428. The zero-order valence-electron chi connectivity index (χ0n) is 18.0. The Morgan fingerprint density at radius 2 is 1.82 bits per heavy atom. The van der Waals surface area contributed by atoms with E-state index < -0.39 is 17.6 Å². The van der Waals surface area contributed by atoms with Crippen LogP contribution in [0.25, 0.3) is 22.3 Å². The molecule has 1 saturated carbocycles. The van der Waals surface area contributed by atoms with Gasteiger partial charge in [-0.2, -0.15) is 5.10 Å². The summed E-state index contributed by atoms with van der Waals surface area (Å²) in [5.74, 6) is -1.61. The van der Waals surface area contributed by atoms with Crippen molar-refractivity contribution in [2.75, 3.05) is 5.73 Å². The van der Waals surface area contributed by atoms with Gasteiger partial charge in [0.15, 0.2) is 5.65 Å². The number of carboxylic acid groups (broad SMARTS) is 1. The molecule has 1 fully saturated rings. The maximum absolute atomic E-state index is 15.2. The first-order valence-electron chi connectivity index (χ1n) is 10.9. The number of aliphatic carboxylic acids is 1. The Morgan fingerprint density at radius 3 is 2.53 bits per heavy atom. The van der Waals surface area contributed by atoms with E-state index in [1.165, 1.54) is 36.7 Å². The number of halogens is 2. The Bertz CT molecular complexity index is 1380. The second kappa shape index (κ2) is 8.69. The molecular formula is C24H21F2N5O3. The fourth-order valence-corrected chi connectivity index (χ4v) is 4.42. The Morgan fingerprint density at radius 1 is 1.06 bits per heavy atom. The Kier molecular flexibility index (Phi) is 5.56. The predicted molar refractivity (Wildman–Crippen MR) is 120 cm³/mol. The van der Waals surface area contributed by atoms with Gasteiger partial charge in [0.05, 0.1) is 17.3 Å².